The molecule has 0 aromatic heterocycles. The van der Waals surface area contributed by atoms with Crippen LogP contribution < -0.4 is 5.32 Å². The number of thioether (sulfide) groups is 1. The van der Waals surface area contributed by atoms with E-state index in [0.717, 1.165) is 6.42 Å². The summed E-state index contributed by atoms with van der Waals surface area (Å²) in [5, 5.41) is 11.6. The molecule has 0 aromatic carbocycles. The molecule has 2 saturated heterocycles. The van der Waals surface area contributed by atoms with Crippen LogP contribution in [-0.2, 0) is 14.4 Å². The highest BCUT2D eigenvalue weighted by Gasteiger charge is 2.53. The molecule has 0 bridgehead atoms. The first-order valence-electron chi connectivity index (χ1n) is 6.65. The predicted octanol–water partition coefficient (Wildman–Crippen LogP) is 0.810. The third-order valence-electron chi connectivity index (χ3n) is 3.80. The van der Waals surface area contributed by atoms with Crippen LogP contribution in [0.3, 0.4) is 0 Å². The summed E-state index contributed by atoms with van der Waals surface area (Å²) < 4.78 is 0. The van der Waals surface area contributed by atoms with Crippen molar-refractivity contribution in [1.29, 1.82) is 0 Å². The topological polar surface area (TPSA) is 86.7 Å². The fraction of sp³-hybridized carbons (Fsp3) is 0.769. The van der Waals surface area contributed by atoms with Crippen LogP contribution in [-0.4, -0.2) is 50.0 Å². The Morgan fingerprint density at radius 1 is 1.55 bits per heavy atom. The van der Waals surface area contributed by atoms with E-state index in [1.54, 1.807) is 30.5 Å². The van der Waals surface area contributed by atoms with E-state index >= 15 is 0 Å². The fourth-order valence-electron chi connectivity index (χ4n) is 2.85. The maximum absolute atomic E-state index is 12.4. The maximum Gasteiger partial charge on any atom is 0.305 e. The number of rotatable bonds is 4. The first-order valence-corrected chi connectivity index (χ1v) is 7.63. The van der Waals surface area contributed by atoms with Crippen molar-refractivity contribution in [1.82, 2.24) is 10.2 Å². The summed E-state index contributed by atoms with van der Waals surface area (Å²) in [7, 11) is 0. The minimum atomic E-state index is -0.960. The molecule has 2 amide bonds. The van der Waals surface area contributed by atoms with E-state index < -0.39 is 17.6 Å². The first kappa shape index (κ1) is 15.2. The lowest BCUT2D eigenvalue weighted by molar-refractivity contribution is -0.141. The minimum absolute atomic E-state index is 0.00805. The van der Waals surface area contributed by atoms with Crippen molar-refractivity contribution in [2.75, 3.05) is 5.75 Å². The second-order valence-corrected chi connectivity index (χ2v) is 7.71. The number of amides is 2. The summed E-state index contributed by atoms with van der Waals surface area (Å²) in [6, 6.07) is -0.493. The number of carbonyl (C=O) groups is 3. The molecule has 2 unspecified atom stereocenters. The largest absolute Gasteiger partial charge is 0.481 e. The van der Waals surface area contributed by atoms with Crippen molar-refractivity contribution < 1.29 is 19.5 Å². The van der Waals surface area contributed by atoms with Gasteiger partial charge >= 0.3 is 5.97 Å². The molecule has 2 atom stereocenters. The summed E-state index contributed by atoms with van der Waals surface area (Å²) in [4.78, 5) is 36.5. The van der Waals surface area contributed by atoms with E-state index in [0.29, 0.717) is 12.2 Å². The first-order chi connectivity index (χ1) is 9.15. The van der Waals surface area contributed by atoms with Crippen LogP contribution >= 0.6 is 11.8 Å². The van der Waals surface area contributed by atoms with Crippen molar-refractivity contribution in [2.45, 2.75) is 56.5 Å². The molecular weight excluding hydrogens is 280 g/mol. The smallest absolute Gasteiger partial charge is 0.305 e. The zero-order valence-corrected chi connectivity index (χ0v) is 12.7. The average Bonchev–Trinajstić information content (AvgIpc) is 2.74. The van der Waals surface area contributed by atoms with Gasteiger partial charge in [-0.15, -0.1) is 11.8 Å². The Bertz CT molecular complexity index is 465. The maximum atomic E-state index is 12.4. The third-order valence-corrected chi connectivity index (χ3v) is 5.31. The minimum Gasteiger partial charge on any atom is -0.481 e. The molecule has 0 spiro atoms. The Morgan fingerprint density at radius 2 is 2.20 bits per heavy atom. The number of carbonyl (C=O) groups excluding carboxylic acids is 2. The monoisotopic (exact) mass is 300 g/mol. The van der Waals surface area contributed by atoms with Crippen LogP contribution in [0.25, 0.3) is 0 Å². The molecule has 6 nitrogen and oxygen atoms in total. The molecule has 0 aliphatic carbocycles. The second kappa shape index (κ2) is 4.95. The molecule has 2 rings (SSSR count). The van der Waals surface area contributed by atoms with Gasteiger partial charge < -0.3 is 15.3 Å². The average molecular weight is 300 g/mol. The summed E-state index contributed by atoms with van der Waals surface area (Å²) in [5.41, 5.74) is -0.824. The van der Waals surface area contributed by atoms with Crippen molar-refractivity contribution >= 4 is 29.5 Å². The number of hydrogen-bond acceptors (Lipinski definition) is 4. The van der Waals surface area contributed by atoms with Gasteiger partial charge in [-0.05, 0) is 27.2 Å². The lowest BCUT2D eigenvalue weighted by Gasteiger charge is -2.32. The van der Waals surface area contributed by atoms with Crippen molar-refractivity contribution in [3.8, 4) is 0 Å². The Balaban J connectivity index is 2.07. The second-order valence-electron chi connectivity index (χ2n) is 6.21. The fourth-order valence-corrected chi connectivity index (χ4v) is 4.29. The van der Waals surface area contributed by atoms with Gasteiger partial charge in [0.25, 0.3) is 0 Å². The molecule has 0 radical (unpaired) electrons. The molecule has 20 heavy (non-hydrogen) atoms. The van der Waals surface area contributed by atoms with E-state index in [4.69, 9.17) is 5.11 Å². The lowest BCUT2D eigenvalue weighted by atomic mass is 10.00. The predicted molar refractivity (Wildman–Crippen MR) is 75.2 cm³/mol. The molecule has 112 valence electrons. The number of hydrogen-bond donors (Lipinski definition) is 2. The van der Waals surface area contributed by atoms with Crippen LogP contribution in [0.15, 0.2) is 0 Å². The Kier molecular flexibility index (Phi) is 3.75. The number of nitrogens with zero attached hydrogens (tertiary/aromatic N) is 1. The number of carboxylic acids is 1. The van der Waals surface area contributed by atoms with Gasteiger partial charge in [0.15, 0.2) is 0 Å². The number of carboxylic acid groups (broad SMARTS) is 1. The van der Waals surface area contributed by atoms with E-state index in [2.05, 4.69) is 5.32 Å². The van der Waals surface area contributed by atoms with E-state index in [1.807, 2.05) is 6.92 Å². The van der Waals surface area contributed by atoms with Gasteiger partial charge in [0, 0.05) is 17.7 Å². The van der Waals surface area contributed by atoms with Gasteiger partial charge in [0.05, 0.1) is 11.3 Å². The van der Waals surface area contributed by atoms with Crippen molar-refractivity contribution in [2.24, 2.45) is 0 Å². The van der Waals surface area contributed by atoms with Gasteiger partial charge in [-0.2, -0.15) is 0 Å². The zero-order valence-electron chi connectivity index (χ0n) is 11.9. The summed E-state index contributed by atoms with van der Waals surface area (Å²) in [6.07, 6.45) is 1.09. The van der Waals surface area contributed by atoms with E-state index in [1.165, 1.54) is 0 Å². The van der Waals surface area contributed by atoms with E-state index in [-0.39, 0.29) is 23.1 Å². The van der Waals surface area contributed by atoms with Gasteiger partial charge in [-0.1, -0.05) is 0 Å². The Hall–Kier alpha value is -1.24. The van der Waals surface area contributed by atoms with Gasteiger partial charge in [-0.25, -0.2) is 0 Å². The van der Waals surface area contributed by atoms with E-state index in [9.17, 15) is 14.4 Å². The van der Waals surface area contributed by atoms with Crippen molar-refractivity contribution in [3.05, 3.63) is 0 Å². The van der Waals surface area contributed by atoms with Crippen LogP contribution in [0, 0.1) is 0 Å². The van der Waals surface area contributed by atoms with Crippen LogP contribution in [0.2, 0.25) is 0 Å². The molecule has 2 aliphatic heterocycles. The molecule has 2 aliphatic rings. The summed E-state index contributed by atoms with van der Waals surface area (Å²) in [6.45, 7) is 5.33. The quantitative estimate of drug-likeness (QED) is 0.802. The Morgan fingerprint density at radius 3 is 2.80 bits per heavy atom. The van der Waals surface area contributed by atoms with Gasteiger partial charge in [0.2, 0.25) is 11.8 Å². The van der Waals surface area contributed by atoms with Crippen LogP contribution in [0.5, 0.6) is 0 Å². The van der Waals surface area contributed by atoms with Gasteiger partial charge in [0.1, 0.15) is 6.04 Å². The zero-order chi connectivity index (χ0) is 15.1. The molecule has 7 heteroatoms. The number of nitrogens with one attached hydrogen (secondary N) is 1. The number of aliphatic carboxylic acids is 1. The molecule has 2 heterocycles. The molecule has 0 aromatic rings. The standard InChI is InChI=1S/C13H20N2O4S/c1-12(2,6-10(17)18)14-11(19)8-7-20-13(3)5-4-9(16)15(8)13/h8H,4-7H2,1-3H3,(H,14,19)(H,17,18). The van der Waals surface area contributed by atoms with Crippen molar-refractivity contribution in [3.63, 3.8) is 0 Å². The highest BCUT2D eigenvalue weighted by molar-refractivity contribution is 8.01. The summed E-state index contributed by atoms with van der Waals surface area (Å²) >= 11 is 1.62. The highest BCUT2D eigenvalue weighted by Crippen LogP contribution is 2.47. The van der Waals surface area contributed by atoms with Gasteiger partial charge in [-0.3, -0.25) is 14.4 Å². The van der Waals surface area contributed by atoms with Crippen LogP contribution in [0.1, 0.15) is 40.0 Å². The SMILES string of the molecule is CC(C)(CC(=O)O)NC(=O)C1CSC2(C)CCC(=O)N12. The van der Waals surface area contributed by atoms with Crippen LogP contribution in [0.4, 0.5) is 0 Å². The highest BCUT2D eigenvalue weighted by atomic mass is 32.2. The lowest BCUT2D eigenvalue weighted by Crippen LogP contribution is -2.55. The number of fused-ring (bicyclic) bond motifs is 1. The Labute approximate surface area is 122 Å². The third kappa shape index (κ3) is 2.77. The molecule has 2 N–H and O–H groups in total. The molecule has 0 saturated carbocycles. The summed E-state index contributed by atoms with van der Waals surface area (Å²) in [5.74, 6) is -0.647. The normalized spacial score (nSPS) is 29.4. The molecule has 2 fully saturated rings. The molecular formula is C13H20N2O4S.